The third-order valence-corrected chi connectivity index (χ3v) is 0.496. The van der Waals surface area contributed by atoms with Crippen molar-refractivity contribution in [3.63, 3.8) is 0 Å². The second-order valence-corrected chi connectivity index (χ2v) is 1.17. The van der Waals surface area contributed by atoms with E-state index in [1.807, 2.05) is 0 Å². The summed E-state index contributed by atoms with van der Waals surface area (Å²) in [5, 5.41) is 7.94. The lowest BCUT2D eigenvalue weighted by molar-refractivity contribution is -0.0843. The zero-order valence-electron chi connectivity index (χ0n) is 3.61. The van der Waals surface area contributed by atoms with Crippen molar-refractivity contribution in [2.24, 2.45) is 5.73 Å². The maximum absolute atomic E-state index is 11.5. The van der Waals surface area contributed by atoms with Gasteiger partial charge >= 0.3 is 0 Å². The van der Waals surface area contributed by atoms with E-state index in [9.17, 15) is 4.39 Å². The van der Waals surface area contributed by atoms with Gasteiger partial charge in [0, 0.05) is 6.42 Å². The van der Waals surface area contributed by atoms with Gasteiger partial charge in [0.05, 0.1) is 0 Å². The average molecular weight is 93.1 g/mol. The molecule has 0 aromatic rings. The molecular weight excluding hydrogens is 85.0 g/mol. The van der Waals surface area contributed by atoms with Crippen LogP contribution in [-0.4, -0.2) is 11.1 Å². The lowest BCUT2D eigenvalue weighted by Gasteiger charge is -2.06. The van der Waals surface area contributed by atoms with Gasteiger partial charge in [0.2, 0.25) is 0 Å². The van der Waals surface area contributed by atoms with Crippen LogP contribution < -0.4 is 5.73 Å². The Morgan fingerprint density at radius 3 is 2.17 bits per heavy atom. The molecule has 3 N–H and O–H groups in total. The summed E-state index contributed by atoms with van der Waals surface area (Å²) in [4.78, 5) is 0. The first-order valence-corrected chi connectivity index (χ1v) is 1.76. The molecule has 0 aromatic carbocycles. The molecule has 6 heavy (non-hydrogen) atoms. The molecule has 0 fully saturated rings. The fourth-order valence-corrected chi connectivity index (χ4v) is 0. The molecule has 0 aromatic heterocycles. The molecule has 0 bridgehead atoms. The summed E-state index contributed by atoms with van der Waals surface area (Å²) in [5.41, 5.74) is 4.42. The van der Waals surface area contributed by atoms with Crippen molar-refractivity contribution in [3.8, 4) is 0 Å². The normalized spacial score (nSPS) is 20.0. The van der Waals surface area contributed by atoms with Crippen LogP contribution in [0.5, 0.6) is 0 Å². The van der Waals surface area contributed by atoms with Gasteiger partial charge in [0.1, 0.15) is 0 Å². The summed E-state index contributed by atoms with van der Waals surface area (Å²) in [7, 11) is 0. The lowest BCUT2D eigenvalue weighted by atomic mass is 10.4. The summed E-state index contributed by atoms with van der Waals surface area (Å²) in [6, 6.07) is 0. The molecule has 0 spiro atoms. The summed E-state index contributed by atoms with van der Waals surface area (Å²) >= 11 is 0. The fraction of sp³-hybridized carbons (Fsp3) is 1.00. The third-order valence-electron chi connectivity index (χ3n) is 0.496. The molecule has 2 nitrogen and oxygen atoms in total. The van der Waals surface area contributed by atoms with E-state index in [0.29, 0.717) is 0 Å². The van der Waals surface area contributed by atoms with Crippen molar-refractivity contribution in [1.29, 1.82) is 0 Å². The smallest absolute Gasteiger partial charge is 0.260 e. The molecule has 38 valence electrons. The van der Waals surface area contributed by atoms with Crippen LogP contribution in [0.2, 0.25) is 0 Å². The van der Waals surface area contributed by atoms with E-state index in [1.165, 1.54) is 6.92 Å². The van der Waals surface area contributed by atoms with E-state index in [2.05, 4.69) is 5.73 Å². The van der Waals surface area contributed by atoms with Gasteiger partial charge in [-0.15, -0.1) is 0 Å². The highest BCUT2D eigenvalue weighted by molar-refractivity contribution is 4.46. The molecule has 0 aliphatic rings. The first kappa shape index (κ1) is 5.85. The molecule has 0 heterocycles. The molecule has 0 amide bonds. The number of hydrogen-bond donors (Lipinski definition) is 2. The summed E-state index contributed by atoms with van der Waals surface area (Å²) in [6.45, 7) is 1.46. The summed E-state index contributed by atoms with van der Waals surface area (Å²) in [5.74, 6) is -2.46. The number of alkyl halides is 1. The number of aliphatic hydroxyl groups is 1. The van der Waals surface area contributed by atoms with Gasteiger partial charge in [-0.2, -0.15) is 4.39 Å². The van der Waals surface area contributed by atoms with E-state index in [4.69, 9.17) is 5.11 Å². The van der Waals surface area contributed by atoms with Crippen LogP contribution in [0.4, 0.5) is 4.39 Å². The molecule has 0 saturated heterocycles. The molecule has 3 heteroatoms. The molecule has 1 unspecified atom stereocenters. The van der Waals surface area contributed by atoms with Crippen LogP contribution >= 0.6 is 0 Å². The van der Waals surface area contributed by atoms with E-state index in [0.717, 1.165) is 0 Å². The number of halogens is 1. The van der Waals surface area contributed by atoms with E-state index >= 15 is 0 Å². The highest BCUT2D eigenvalue weighted by Crippen LogP contribution is 1.98. The highest BCUT2D eigenvalue weighted by Gasteiger charge is 2.12. The maximum Gasteiger partial charge on any atom is 0.260 e. The van der Waals surface area contributed by atoms with Crippen LogP contribution in [0.15, 0.2) is 0 Å². The summed E-state index contributed by atoms with van der Waals surface area (Å²) in [6.07, 6.45) is -0.0625. The number of rotatable bonds is 1. The Morgan fingerprint density at radius 1 is 2.00 bits per heavy atom. The molecule has 0 radical (unpaired) electrons. The minimum Gasteiger partial charge on any atom is -0.350 e. The van der Waals surface area contributed by atoms with Crippen molar-refractivity contribution in [3.05, 3.63) is 0 Å². The van der Waals surface area contributed by atoms with Crippen LogP contribution in [0.1, 0.15) is 13.3 Å². The lowest BCUT2D eigenvalue weighted by Crippen LogP contribution is -2.32. The molecular formula is C3H8FNO. The van der Waals surface area contributed by atoms with Crippen molar-refractivity contribution in [2.75, 3.05) is 0 Å². The molecule has 0 saturated carbocycles. The minimum atomic E-state index is -2.46. The number of hydrogen-bond acceptors (Lipinski definition) is 2. The van der Waals surface area contributed by atoms with Crippen LogP contribution in [0, 0.1) is 0 Å². The molecule has 0 aliphatic carbocycles. The third kappa shape index (κ3) is 3.85. The topological polar surface area (TPSA) is 46.2 Å². The Labute approximate surface area is 35.8 Å². The first-order chi connectivity index (χ1) is 2.56. The molecule has 0 aliphatic heterocycles. The highest BCUT2D eigenvalue weighted by atomic mass is 19.2. The van der Waals surface area contributed by atoms with Crippen LogP contribution in [0.25, 0.3) is 0 Å². The Hall–Kier alpha value is -0.150. The van der Waals surface area contributed by atoms with Crippen LogP contribution in [0.3, 0.4) is 0 Å². The molecule has 1 atom stereocenters. The van der Waals surface area contributed by atoms with Gasteiger partial charge in [-0.3, -0.25) is 5.73 Å². The monoisotopic (exact) mass is 93.1 g/mol. The van der Waals surface area contributed by atoms with Crippen molar-refractivity contribution in [1.82, 2.24) is 0 Å². The Bertz CT molecular complexity index is 40.5. The minimum absolute atomic E-state index is 0.0625. The van der Waals surface area contributed by atoms with E-state index < -0.39 is 5.98 Å². The van der Waals surface area contributed by atoms with E-state index in [-0.39, 0.29) is 6.42 Å². The van der Waals surface area contributed by atoms with Crippen molar-refractivity contribution >= 4 is 0 Å². The zero-order valence-corrected chi connectivity index (χ0v) is 3.61. The number of nitrogens with two attached hydrogens (primary N) is 1. The Balaban J connectivity index is 3.17. The van der Waals surface area contributed by atoms with Gasteiger partial charge < -0.3 is 5.11 Å². The zero-order chi connectivity index (χ0) is 5.21. The predicted molar refractivity (Wildman–Crippen MR) is 20.5 cm³/mol. The summed E-state index contributed by atoms with van der Waals surface area (Å²) < 4.78 is 11.5. The Kier molecular flexibility index (Phi) is 1.49. The quantitative estimate of drug-likeness (QED) is 0.353. The fourth-order valence-electron chi connectivity index (χ4n) is 0. The van der Waals surface area contributed by atoms with Gasteiger partial charge in [-0.25, -0.2) is 0 Å². The second-order valence-electron chi connectivity index (χ2n) is 1.17. The van der Waals surface area contributed by atoms with Gasteiger partial charge in [-0.05, 0) is 0 Å². The molecule has 0 rings (SSSR count). The van der Waals surface area contributed by atoms with Gasteiger partial charge in [0.15, 0.2) is 0 Å². The Morgan fingerprint density at radius 2 is 2.17 bits per heavy atom. The first-order valence-electron chi connectivity index (χ1n) is 1.76. The average Bonchev–Trinajstić information content (AvgIpc) is 1.35. The SMILES string of the molecule is CCC(N)(O)F. The second kappa shape index (κ2) is 1.53. The van der Waals surface area contributed by atoms with Gasteiger partial charge in [0.25, 0.3) is 5.98 Å². The van der Waals surface area contributed by atoms with Crippen LogP contribution in [-0.2, 0) is 0 Å². The van der Waals surface area contributed by atoms with Crippen molar-refractivity contribution in [2.45, 2.75) is 19.3 Å². The predicted octanol–water partition coefficient (Wildman–Crippen LogP) is -0.0293. The maximum atomic E-state index is 11.5. The van der Waals surface area contributed by atoms with Gasteiger partial charge in [-0.1, -0.05) is 6.92 Å². The van der Waals surface area contributed by atoms with E-state index in [1.54, 1.807) is 0 Å². The standard InChI is InChI=1S/C3H8FNO/c1-2-3(4,5)6/h6H,2,5H2,1H3. The largest absolute Gasteiger partial charge is 0.350 e. The van der Waals surface area contributed by atoms with Crippen molar-refractivity contribution < 1.29 is 9.50 Å².